The third kappa shape index (κ3) is 4.59. The average molecular weight is 366 g/mol. The number of benzene rings is 1. The van der Waals surface area contributed by atoms with E-state index in [4.69, 9.17) is 27.9 Å². The molecular weight excluding hydrogens is 345 g/mol. The number of halogens is 2. The van der Waals surface area contributed by atoms with E-state index in [-0.39, 0.29) is 9.92 Å². The summed E-state index contributed by atoms with van der Waals surface area (Å²) >= 11 is 12.2. The summed E-state index contributed by atoms with van der Waals surface area (Å²) < 4.78 is 32.9. The zero-order chi connectivity index (χ0) is 16.3. The molecule has 0 aliphatic heterocycles. The highest BCUT2D eigenvalue weighted by Gasteiger charge is 2.23. The highest BCUT2D eigenvalue weighted by atomic mass is 35.5. The predicted molar refractivity (Wildman–Crippen MR) is 89.3 cm³/mol. The summed E-state index contributed by atoms with van der Waals surface area (Å²) in [5.74, 6) is 0.715. The molecule has 0 bridgehead atoms. The lowest BCUT2D eigenvalue weighted by molar-refractivity contribution is 0.123. The fourth-order valence-corrected chi connectivity index (χ4v) is 4.40. The van der Waals surface area contributed by atoms with Gasteiger partial charge in [0.1, 0.15) is 4.90 Å². The van der Waals surface area contributed by atoms with Crippen LogP contribution in [0, 0.1) is 19.8 Å². The van der Waals surface area contributed by atoms with Crippen LogP contribution in [0.2, 0.25) is 10.0 Å². The minimum Gasteiger partial charge on any atom is -0.381 e. The van der Waals surface area contributed by atoms with E-state index in [9.17, 15) is 8.42 Å². The summed E-state index contributed by atoms with van der Waals surface area (Å²) in [5.41, 5.74) is 1.11. The maximum Gasteiger partial charge on any atom is 0.242 e. The number of nitrogens with one attached hydrogen (secondary N) is 1. The van der Waals surface area contributed by atoms with Crippen molar-refractivity contribution < 1.29 is 13.2 Å². The summed E-state index contributed by atoms with van der Waals surface area (Å²) in [6.45, 7) is 5.04. The van der Waals surface area contributed by atoms with Crippen molar-refractivity contribution in [3.8, 4) is 0 Å². The van der Waals surface area contributed by atoms with Crippen molar-refractivity contribution in [3.63, 3.8) is 0 Å². The van der Waals surface area contributed by atoms with E-state index in [1.165, 1.54) is 12.8 Å². The van der Waals surface area contributed by atoms with Crippen molar-refractivity contribution in [1.29, 1.82) is 0 Å². The van der Waals surface area contributed by atoms with Crippen LogP contribution in [0.15, 0.2) is 11.0 Å². The molecule has 1 aromatic carbocycles. The van der Waals surface area contributed by atoms with Gasteiger partial charge in [-0.05, 0) is 56.2 Å². The monoisotopic (exact) mass is 365 g/mol. The summed E-state index contributed by atoms with van der Waals surface area (Å²) in [7, 11) is -3.68. The maximum atomic E-state index is 12.4. The number of aryl methyl sites for hydroxylation is 1. The Labute approximate surface area is 142 Å². The van der Waals surface area contributed by atoms with Crippen molar-refractivity contribution in [2.75, 3.05) is 19.8 Å². The molecule has 1 fully saturated rings. The lowest BCUT2D eigenvalue weighted by Gasteiger charge is -2.14. The van der Waals surface area contributed by atoms with Gasteiger partial charge < -0.3 is 4.74 Å². The molecule has 7 heteroatoms. The van der Waals surface area contributed by atoms with Gasteiger partial charge in [-0.2, -0.15) is 0 Å². The van der Waals surface area contributed by atoms with Crippen LogP contribution in [-0.2, 0) is 14.8 Å². The molecule has 1 aliphatic carbocycles. The van der Waals surface area contributed by atoms with Crippen molar-refractivity contribution in [3.05, 3.63) is 27.2 Å². The van der Waals surface area contributed by atoms with Crippen LogP contribution in [0.1, 0.15) is 30.4 Å². The summed E-state index contributed by atoms with van der Waals surface area (Å²) in [5, 5.41) is 0.620. The number of hydrogen-bond acceptors (Lipinski definition) is 3. The van der Waals surface area contributed by atoms with Crippen molar-refractivity contribution >= 4 is 33.2 Å². The molecule has 1 aromatic rings. The predicted octanol–water partition coefficient (Wildman–Crippen LogP) is 3.71. The highest BCUT2D eigenvalue weighted by Crippen LogP contribution is 2.33. The molecule has 0 aromatic heterocycles. The summed E-state index contributed by atoms with van der Waals surface area (Å²) in [4.78, 5) is 0.0677. The first-order valence-electron chi connectivity index (χ1n) is 7.35. The van der Waals surface area contributed by atoms with Gasteiger partial charge in [-0.3, -0.25) is 0 Å². The second-order valence-electron chi connectivity index (χ2n) is 5.71. The average Bonchev–Trinajstić information content (AvgIpc) is 3.24. The normalized spacial score (nSPS) is 15.3. The Hall–Kier alpha value is -0.330. The van der Waals surface area contributed by atoms with Crippen molar-refractivity contribution in [2.24, 2.45) is 5.92 Å². The number of sulfonamides is 1. The third-order valence-electron chi connectivity index (χ3n) is 3.66. The van der Waals surface area contributed by atoms with E-state index >= 15 is 0 Å². The topological polar surface area (TPSA) is 55.4 Å². The maximum absolute atomic E-state index is 12.4. The molecule has 0 spiro atoms. The van der Waals surface area contributed by atoms with E-state index < -0.39 is 10.0 Å². The highest BCUT2D eigenvalue weighted by molar-refractivity contribution is 7.89. The lowest BCUT2D eigenvalue weighted by Crippen LogP contribution is -2.27. The van der Waals surface area contributed by atoms with Crippen LogP contribution in [-0.4, -0.2) is 28.2 Å². The van der Waals surface area contributed by atoms with Gasteiger partial charge in [0.15, 0.2) is 0 Å². The standard InChI is InChI=1S/C15H21Cl2NO3S/c1-10-8-13(16)11(2)15(14(10)17)22(19,20)18-6-3-7-21-9-12-4-5-12/h8,12,18H,3-7,9H2,1-2H3. The largest absolute Gasteiger partial charge is 0.381 e. The Kier molecular flexibility index (Phi) is 6.14. The lowest BCUT2D eigenvalue weighted by atomic mass is 10.2. The first kappa shape index (κ1) is 18.0. The summed E-state index contributed by atoms with van der Waals surface area (Å²) in [6, 6.07) is 1.67. The molecule has 0 amide bonds. The minimum atomic E-state index is -3.68. The number of ether oxygens (including phenoxy) is 1. The molecular formula is C15H21Cl2NO3S. The van der Waals surface area contributed by atoms with Crippen LogP contribution < -0.4 is 4.72 Å². The zero-order valence-corrected chi connectivity index (χ0v) is 15.1. The van der Waals surface area contributed by atoms with Gasteiger partial charge in [0.2, 0.25) is 10.0 Å². The van der Waals surface area contributed by atoms with Crippen molar-refractivity contribution in [1.82, 2.24) is 4.72 Å². The molecule has 0 saturated heterocycles. The molecule has 0 heterocycles. The van der Waals surface area contributed by atoms with Gasteiger partial charge in [-0.15, -0.1) is 0 Å². The Morgan fingerprint density at radius 3 is 2.64 bits per heavy atom. The quantitative estimate of drug-likeness (QED) is 0.714. The Bertz CT molecular complexity index is 616. The van der Waals surface area contributed by atoms with E-state index in [1.807, 2.05) is 0 Å². The number of hydrogen-bond donors (Lipinski definition) is 1. The van der Waals surface area contributed by atoms with Crippen LogP contribution in [0.3, 0.4) is 0 Å². The Morgan fingerprint density at radius 1 is 1.32 bits per heavy atom. The van der Waals surface area contributed by atoms with Crippen molar-refractivity contribution in [2.45, 2.75) is 38.0 Å². The molecule has 22 heavy (non-hydrogen) atoms. The molecule has 1 aliphatic rings. The zero-order valence-electron chi connectivity index (χ0n) is 12.8. The second-order valence-corrected chi connectivity index (χ2v) is 8.20. The summed E-state index contributed by atoms with van der Waals surface area (Å²) in [6.07, 6.45) is 3.12. The number of rotatable bonds is 8. The first-order chi connectivity index (χ1) is 10.3. The molecule has 0 radical (unpaired) electrons. The molecule has 1 N–H and O–H groups in total. The fraction of sp³-hybridized carbons (Fsp3) is 0.600. The molecule has 124 valence electrons. The molecule has 2 rings (SSSR count). The SMILES string of the molecule is Cc1cc(Cl)c(C)c(S(=O)(=O)NCCCOCC2CC2)c1Cl. The van der Waals surface area contributed by atoms with Gasteiger partial charge in [0.05, 0.1) is 5.02 Å². The van der Waals surface area contributed by atoms with E-state index in [1.54, 1.807) is 19.9 Å². The third-order valence-corrected chi connectivity index (χ3v) is 6.29. The van der Waals surface area contributed by atoms with E-state index in [0.717, 1.165) is 6.61 Å². The molecule has 1 saturated carbocycles. The minimum absolute atomic E-state index is 0.0677. The molecule has 0 atom stereocenters. The molecule has 4 nitrogen and oxygen atoms in total. The van der Waals surface area contributed by atoms with Crippen LogP contribution in [0.5, 0.6) is 0 Å². The van der Waals surface area contributed by atoms with Gasteiger partial charge in [-0.1, -0.05) is 23.2 Å². The van der Waals surface area contributed by atoms with Gasteiger partial charge >= 0.3 is 0 Å². The van der Waals surface area contributed by atoms with Gasteiger partial charge in [0, 0.05) is 24.8 Å². The Morgan fingerprint density at radius 2 is 2.00 bits per heavy atom. The van der Waals surface area contributed by atoms with E-state index in [0.29, 0.717) is 41.6 Å². The Balaban J connectivity index is 1.94. The van der Waals surface area contributed by atoms with Crippen LogP contribution >= 0.6 is 23.2 Å². The smallest absolute Gasteiger partial charge is 0.242 e. The first-order valence-corrected chi connectivity index (χ1v) is 9.59. The second kappa shape index (κ2) is 7.49. The molecule has 0 unspecified atom stereocenters. The van der Waals surface area contributed by atoms with Gasteiger partial charge in [-0.25, -0.2) is 13.1 Å². The van der Waals surface area contributed by atoms with E-state index in [2.05, 4.69) is 4.72 Å². The van der Waals surface area contributed by atoms with Gasteiger partial charge in [0.25, 0.3) is 0 Å². The fourth-order valence-electron chi connectivity index (χ4n) is 2.12. The van der Waals surface area contributed by atoms with Crippen LogP contribution in [0.4, 0.5) is 0 Å². The van der Waals surface area contributed by atoms with Crippen LogP contribution in [0.25, 0.3) is 0 Å².